The van der Waals surface area contributed by atoms with Crippen molar-refractivity contribution in [2.24, 2.45) is 0 Å². The highest BCUT2D eigenvalue weighted by atomic mass is 16.7. The molecule has 0 aliphatic carbocycles. The third kappa shape index (κ3) is 5.06. The number of rotatable bonds is 6. The molecule has 0 amide bonds. The van der Waals surface area contributed by atoms with E-state index in [1.165, 1.54) is 12.1 Å². The van der Waals surface area contributed by atoms with E-state index in [1.54, 1.807) is 19.1 Å². The highest BCUT2D eigenvalue weighted by molar-refractivity contribution is 5.81. The van der Waals surface area contributed by atoms with Gasteiger partial charge in [-0.15, -0.1) is 0 Å². The van der Waals surface area contributed by atoms with Gasteiger partial charge in [0.25, 0.3) is 0 Å². The molecule has 13 heteroatoms. The number of aliphatic hydroxyl groups is 7. The van der Waals surface area contributed by atoms with E-state index in [-0.39, 0.29) is 11.3 Å². The van der Waals surface area contributed by atoms with Crippen LogP contribution in [-0.2, 0) is 14.2 Å². The van der Waals surface area contributed by atoms with Crippen LogP contribution in [0.4, 0.5) is 0 Å². The standard InChI is InChI=1S/C22H28O13/c1-8-4-14(25)32-11-5-9(2-3-10(8)11)31-21-19(30)17(28)20(13(7-24)34-21)35-22-18(29)16(27)15(26)12(6-23)33-22/h2-5,12-13,15-24,26-30H,6-7H2,1H3/t12?,13?,15-,16?,17?,18?,19?,20+,21+,22-/m0/s1. The van der Waals surface area contributed by atoms with Gasteiger partial charge < -0.3 is 59.1 Å². The van der Waals surface area contributed by atoms with Crippen LogP contribution in [0.15, 0.2) is 33.5 Å². The Bertz CT molecular complexity index is 1070. The summed E-state index contributed by atoms with van der Waals surface area (Å²) >= 11 is 0. The zero-order valence-corrected chi connectivity index (χ0v) is 18.6. The summed E-state index contributed by atoms with van der Waals surface area (Å²) in [4.78, 5) is 11.7. The van der Waals surface area contributed by atoms with E-state index in [1.807, 2.05) is 0 Å². The largest absolute Gasteiger partial charge is 0.462 e. The van der Waals surface area contributed by atoms with Crippen molar-refractivity contribution in [2.45, 2.75) is 68.3 Å². The van der Waals surface area contributed by atoms with Crippen LogP contribution >= 0.6 is 0 Å². The Balaban J connectivity index is 1.50. The van der Waals surface area contributed by atoms with E-state index in [0.29, 0.717) is 10.9 Å². The van der Waals surface area contributed by atoms with Crippen molar-refractivity contribution in [3.63, 3.8) is 0 Å². The lowest BCUT2D eigenvalue weighted by Crippen LogP contribution is -2.65. The van der Waals surface area contributed by atoms with Crippen LogP contribution in [0.2, 0.25) is 0 Å². The number of hydrogen-bond donors (Lipinski definition) is 7. The van der Waals surface area contributed by atoms with E-state index in [9.17, 15) is 40.5 Å². The molecule has 3 heterocycles. The fourth-order valence-corrected chi connectivity index (χ4v) is 4.17. The van der Waals surface area contributed by atoms with E-state index in [4.69, 9.17) is 23.4 Å². The quantitative estimate of drug-likeness (QED) is 0.199. The van der Waals surface area contributed by atoms with Gasteiger partial charge in [0.15, 0.2) is 6.29 Å². The maximum Gasteiger partial charge on any atom is 0.336 e. The molecule has 1 aromatic carbocycles. The molecule has 0 radical (unpaired) electrons. The molecule has 4 rings (SSSR count). The van der Waals surface area contributed by atoms with Crippen molar-refractivity contribution in [2.75, 3.05) is 13.2 Å². The van der Waals surface area contributed by atoms with Gasteiger partial charge in [0.05, 0.1) is 13.2 Å². The minimum Gasteiger partial charge on any atom is -0.462 e. The average Bonchev–Trinajstić information content (AvgIpc) is 2.83. The Morgan fingerprint density at radius 3 is 2.17 bits per heavy atom. The first-order valence-corrected chi connectivity index (χ1v) is 10.9. The lowest BCUT2D eigenvalue weighted by atomic mass is 9.97. The topological polar surface area (TPSA) is 209 Å². The molecule has 0 saturated carbocycles. The van der Waals surface area contributed by atoms with Gasteiger partial charge in [-0.3, -0.25) is 0 Å². The number of ether oxygens (including phenoxy) is 4. The van der Waals surface area contributed by atoms with Gasteiger partial charge >= 0.3 is 5.63 Å². The van der Waals surface area contributed by atoms with Gasteiger partial charge in [0.2, 0.25) is 6.29 Å². The number of benzene rings is 1. The molecule has 2 aliphatic rings. The van der Waals surface area contributed by atoms with E-state index >= 15 is 0 Å². The maximum absolute atomic E-state index is 11.7. The maximum atomic E-state index is 11.7. The van der Waals surface area contributed by atoms with Gasteiger partial charge in [-0.1, -0.05) is 0 Å². The second-order valence-corrected chi connectivity index (χ2v) is 8.53. The number of aliphatic hydroxyl groups excluding tert-OH is 7. The van der Waals surface area contributed by atoms with Crippen molar-refractivity contribution in [3.05, 3.63) is 40.2 Å². The van der Waals surface area contributed by atoms with Crippen molar-refractivity contribution >= 4 is 11.0 Å². The molecule has 2 fully saturated rings. The first kappa shape index (κ1) is 25.9. The molecule has 1 aromatic heterocycles. The summed E-state index contributed by atoms with van der Waals surface area (Å²) in [6.45, 7) is 0.352. The van der Waals surface area contributed by atoms with Crippen LogP contribution in [0.25, 0.3) is 11.0 Å². The lowest BCUT2D eigenvalue weighted by Gasteiger charge is -2.45. The minimum absolute atomic E-state index is 0.146. The third-order valence-electron chi connectivity index (χ3n) is 6.14. The van der Waals surface area contributed by atoms with E-state index < -0.39 is 80.3 Å². The summed E-state index contributed by atoms with van der Waals surface area (Å²) in [6, 6.07) is 5.94. The van der Waals surface area contributed by atoms with E-state index in [0.717, 1.165) is 0 Å². The second-order valence-electron chi connectivity index (χ2n) is 8.53. The molecule has 2 aliphatic heterocycles. The zero-order chi connectivity index (χ0) is 25.4. The van der Waals surface area contributed by atoms with Crippen molar-refractivity contribution in [3.8, 4) is 5.75 Å². The average molecular weight is 500 g/mol. The third-order valence-corrected chi connectivity index (χ3v) is 6.14. The van der Waals surface area contributed by atoms with Gasteiger partial charge in [-0.25, -0.2) is 4.79 Å². The molecule has 10 atom stereocenters. The van der Waals surface area contributed by atoms with Gasteiger partial charge in [0, 0.05) is 17.5 Å². The van der Waals surface area contributed by atoms with E-state index in [2.05, 4.69) is 0 Å². The summed E-state index contributed by atoms with van der Waals surface area (Å²) in [7, 11) is 0. The Morgan fingerprint density at radius 2 is 1.49 bits per heavy atom. The normalized spacial score (nSPS) is 37.9. The van der Waals surface area contributed by atoms with Crippen molar-refractivity contribution in [1.82, 2.24) is 0 Å². The first-order valence-electron chi connectivity index (χ1n) is 10.9. The zero-order valence-electron chi connectivity index (χ0n) is 18.6. The van der Waals surface area contributed by atoms with Crippen LogP contribution in [0, 0.1) is 6.92 Å². The van der Waals surface area contributed by atoms with Crippen LogP contribution in [0.3, 0.4) is 0 Å². The van der Waals surface area contributed by atoms with Crippen molar-refractivity contribution in [1.29, 1.82) is 0 Å². The Labute approximate surface area is 198 Å². The predicted octanol–water partition coefficient (Wildman–Crippen LogP) is -2.90. The summed E-state index contributed by atoms with van der Waals surface area (Å²) in [5.74, 6) is 0.146. The summed E-state index contributed by atoms with van der Waals surface area (Å²) in [5, 5.41) is 71.1. The summed E-state index contributed by atoms with van der Waals surface area (Å²) < 4.78 is 27.1. The Hall–Kier alpha value is -2.17. The SMILES string of the molecule is Cc1cc(=O)oc2cc(O[C@@H]3OC(CO)[C@@H](O[C@@H]4OC(CO)[C@H](O)C(O)C4O)C(O)C3O)ccc12. The molecule has 2 aromatic rings. The molecule has 2 saturated heterocycles. The Kier molecular flexibility index (Phi) is 7.73. The number of aryl methyl sites for hydroxylation is 1. The second kappa shape index (κ2) is 10.4. The van der Waals surface area contributed by atoms with Gasteiger partial charge in [0.1, 0.15) is 60.2 Å². The van der Waals surface area contributed by atoms with Crippen LogP contribution in [-0.4, -0.2) is 110 Å². The smallest absolute Gasteiger partial charge is 0.336 e. The number of fused-ring (bicyclic) bond motifs is 1. The fraction of sp³-hybridized carbons (Fsp3) is 0.591. The number of hydrogen-bond acceptors (Lipinski definition) is 13. The Morgan fingerprint density at radius 1 is 0.829 bits per heavy atom. The lowest BCUT2D eigenvalue weighted by molar-refractivity contribution is -0.352. The first-order chi connectivity index (χ1) is 16.6. The molecular formula is C22H28O13. The predicted molar refractivity (Wildman–Crippen MR) is 114 cm³/mol. The van der Waals surface area contributed by atoms with Gasteiger partial charge in [-0.2, -0.15) is 0 Å². The molecule has 0 spiro atoms. The fourth-order valence-electron chi connectivity index (χ4n) is 4.17. The van der Waals surface area contributed by atoms with Crippen LogP contribution in [0.1, 0.15) is 5.56 Å². The van der Waals surface area contributed by atoms with Crippen LogP contribution in [0.5, 0.6) is 5.75 Å². The highest BCUT2D eigenvalue weighted by Crippen LogP contribution is 2.31. The molecule has 7 N–H and O–H groups in total. The monoisotopic (exact) mass is 500 g/mol. The van der Waals surface area contributed by atoms with Crippen molar-refractivity contribution < 1.29 is 59.1 Å². The van der Waals surface area contributed by atoms with Gasteiger partial charge in [-0.05, 0) is 24.6 Å². The summed E-state index contributed by atoms with van der Waals surface area (Å²) in [6.07, 6.45) is -15.6. The molecule has 6 unspecified atom stereocenters. The molecular weight excluding hydrogens is 472 g/mol. The van der Waals surface area contributed by atoms with Crippen LogP contribution < -0.4 is 10.4 Å². The highest BCUT2D eigenvalue weighted by Gasteiger charge is 2.51. The molecule has 194 valence electrons. The summed E-state index contributed by atoms with van der Waals surface area (Å²) in [5.41, 5.74) is 0.381. The minimum atomic E-state index is -1.76. The molecule has 0 bridgehead atoms. The molecule has 35 heavy (non-hydrogen) atoms. The molecule has 13 nitrogen and oxygen atoms in total.